The minimum Gasteiger partial charge on any atom is -0.493 e. The van der Waals surface area contributed by atoms with Crippen LogP contribution in [0.1, 0.15) is 41.9 Å². The number of anilines is 1. The fraction of sp³-hybridized carbons (Fsp3) is 0.375. The second-order valence-electron chi connectivity index (χ2n) is 5.14. The number of benzene rings is 1. The fourth-order valence-corrected chi connectivity index (χ4v) is 2.17. The highest BCUT2D eigenvalue weighted by atomic mass is 16.5. The van der Waals surface area contributed by atoms with Crippen molar-refractivity contribution in [3.8, 4) is 11.5 Å². The van der Waals surface area contributed by atoms with Gasteiger partial charge in [-0.2, -0.15) is 0 Å². The predicted molar refractivity (Wildman–Crippen MR) is 80.6 cm³/mol. The second kappa shape index (κ2) is 6.09. The third kappa shape index (κ3) is 3.05. The minimum absolute atomic E-state index is 0.287. The van der Waals surface area contributed by atoms with E-state index >= 15 is 0 Å². The summed E-state index contributed by atoms with van der Waals surface area (Å²) in [7, 11) is 1.56. The molecule has 1 aromatic carbocycles. The Morgan fingerprint density at radius 3 is 2.86 bits per heavy atom. The first-order chi connectivity index (χ1) is 10.7. The summed E-state index contributed by atoms with van der Waals surface area (Å²) in [5.41, 5.74) is 0.899. The van der Waals surface area contributed by atoms with Crippen molar-refractivity contribution < 1.29 is 18.8 Å². The van der Waals surface area contributed by atoms with Crippen LogP contribution in [0.2, 0.25) is 0 Å². The van der Waals surface area contributed by atoms with E-state index in [-0.39, 0.29) is 11.6 Å². The van der Waals surface area contributed by atoms with E-state index in [1.807, 2.05) is 6.92 Å². The highest BCUT2D eigenvalue weighted by Crippen LogP contribution is 2.40. The van der Waals surface area contributed by atoms with Crippen molar-refractivity contribution in [3.63, 3.8) is 0 Å². The van der Waals surface area contributed by atoms with E-state index in [2.05, 4.69) is 10.5 Å². The van der Waals surface area contributed by atoms with E-state index in [1.165, 1.54) is 0 Å². The number of ether oxygens (including phenoxy) is 2. The molecule has 0 aliphatic heterocycles. The van der Waals surface area contributed by atoms with Gasteiger partial charge in [0.15, 0.2) is 17.2 Å². The van der Waals surface area contributed by atoms with Crippen LogP contribution in [0.25, 0.3) is 0 Å². The first kappa shape index (κ1) is 14.4. The number of nitrogens with one attached hydrogen (secondary N) is 1. The topological polar surface area (TPSA) is 73.6 Å². The smallest absolute Gasteiger partial charge is 0.277 e. The Kier molecular flexibility index (Phi) is 4.00. The molecule has 1 saturated carbocycles. The van der Waals surface area contributed by atoms with Gasteiger partial charge < -0.3 is 19.3 Å². The van der Waals surface area contributed by atoms with Crippen LogP contribution in [0.15, 0.2) is 28.8 Å². The van der Waals surface area contributed by atoms with Gasteiger partial charge in [0.2, 0.25) is 0 Å². The van der Waals surface area contributed by atoms with Crippen molar-refractivity contribution in [2.45, 2.75) is 25.7 Å². The van der Waals surface area contributed by atoms with E-state index in [0.717, 1.165) is 18.6 Å². The van der Waals surface area contributed by atoms with Crippen LogP contribution in [0, 0.1) is 0 Å². The largest absolute Gasteiger partial charge is 0.493 e. The molecule has 0 atom stereocenters. The molecule has 22 heavy (non-hydrogen) atoms. The van der Waals surface area contributed by atoms with Crippen LogP contribution in [0.3, 0.4) is 0 Å². The molecule has 1 aliphatic carbocycles. The lowest BCUT2D eigenvalue weighted by atomic mass is 10.2. The van der Waals surface area contributed by atoms with Gasteiger partial charge in [-0.1, -0.05) is 5.16 Å². The van der Waals surface area contributed by atoms with E-state index in [4.69, 9.17) is 14.0 Å². The lowest BCUT2D eigenvalue weighted by molar-refractivity contribution is 0.101. The van der Waals surface area contributed by atoms with Crippen molar-refractivity contribution in [2.24, 2.45) is 0 Å². The highest BCUT2D eigenvalue weighted by molar-refractivity contribution is 6.03. The first-order valence-electron chi connectivity index (χ1n) is 7.30. The molecular formula is C16H18N2O4. The summed E-state index contributed by atoms with van der Waals surface area (Å²) >= 11 is 0. The number of hydrogen-bond donors (Lipinski definition) is 1. The van der Waals surface area contributed by atoms with Gasteiger partial charge in [0.25, 0.3) is 5.91 Å². The molecule has 1 aliphatic rings. The summed E-state index contributed by atoms with van der Waals surface area (Å²) in [6, 6.07) is 6.94. The van der Waals surface area contributed by atoms with Crippen LogP contribution in [-0.2, 0) is 0 Å². The average molecular weight is 302 g/mol. The lowest BCUT2D eigenvalue weighted by Crippen LogP contribution is -2.12. The van der Waals surface area contributed by atoms with Crippen LogP contribution in [-0.4, -0.2) is 24.8 Å². The van der Waals surface area contributed by atoms with Crippen LogP contribution < -0.4 is 14.8 Å². The summed E-state index contributed by atoms with van der Waals surface area (Å²) < 4.78 is 15.9. The van der Waals surface area contributed by atoms with Gasteiger partial charge in [0, 0.05) is 23.7 Å². The predicted octanol–water partition coefficient (Wildman–Crippen LogP) is 3.21. The Balaban J connectivity index is 1.72. The van der Waals surface area contributed by atoms with E-state index in [0.29, 0.717) is 29.7 Å². The number of amides is 1. The van der Waals surface area contributed by atoms with Gasteiger partial charge in [-0.3, -0.25) is 4.79 Å². The molecule has 1 N–H and O–H groups in total. The maximum absolute atomic E-state index is 12.2. The molecule has 0 unspecified atom stereocenters. The lowest BCUT2D eigenvalue weighted by Gasteiger charge is -2.11. The quantitative estimate of drug-likeness (QED) is 0.887. The van der Waals surface area contributed by atoms with E-state index in [9.17, 15) is 4.79 Å². The molecule has 2 aromatic rings. The average Bonchev–Trinajstić information content (AvgIpc) is 3.26. The molecule has 1 amide bonds. The maximum atomic E-state index is 12.2. The summed E-state index contributed by atoms with van der Waals surface area (Å²) in [4.78, 5) is 12.2. The molecular weight excluding hydrogens is 284 g/mol. The number of methoxy groups -OCH3 is 1. The van der Waals surface area contributed by atoms with Gasteiger partial charge in [-0.25, -0.2) is 0 Å². The Hall–Kier alpha value is -2.50. The zero-order valence-electron chi connectivity index (χ0n) is 12.6. The number of aromatic nitrogens is 1. The normalized spacial score (nSPS) is 13.7. The third-order valence-corrected chi connectivity index (χ3v) is 3.46. The summed E-state index contributed by atoms with van der Waals surface area (Å²) in [5, 5.41) is 6.60. The highest BCUT2D eigenvalue weighted by Gasteiger charge is 2.28. The van der Waals surface area contributed by atoms with Crippen molar-refractivity contribution >= 4 is 11.6 Å². The maximum Gasteiger partial charge on any atom is 0.277 e. The van der Waals surface area contributed by atoms with Crippen LogP contribution in [0.5, 0.6) is 11.5 Å². The number of carbonyl (C=O) groups excluding carboxylic acids is 1. The van der Waals surface area contributed by atoms with Gasteiger partial charge in [0.05, 0.1) is 13.7 Å². The zero-order valence-corrected chi connectivity index (χ0v) is 12.6. The fourth-order valence-electron chi connectivity index (χ4n) is 2.17. The monoisotopic (exact) mass is 302 g/mol. The molecule has 6 nitrogen and oxygen atoms in total. The van der Waals surface area contributed by atoms with Crippen LogP contribution in [0.4, 0.5) is 5.69 Å². The molecule has 0 spiro atoms. The second-order valence-corrected chi connectivity index (χ2v) is 5.14. The van der Waals surface area contributed by atoms with Crippen molar-refractivity contribution in [1.82, 2.24) is 5.16 Å². The summed E-state index contributed by atoms with van der Waals surface area (Å²) in [6.07, 6.45) is 2.21. The standard InChI is InChI=1S/C16H18N2O4/c1-3-21-13-7-6-11(8-15(13)20-2)17-16(19)12-9-14(22-18-12)10-4-5-10/h6-10H,3-5H2,1-2H3,(H,17,19). The van der Waals surface area contributed by atoms with E-state index < -0.39 is 0 Å². The molecule has 116 valence electrons. The van der Waals surface area contributed by atoms with Crippen molar-refractivity contribution in [2.75, 3.05) is 19.0 Å². The van der Waals surface area contributed by atoms with Crippen molar-refractivity contribution in [1.29, 1.82) is 0 Å². The summed E-state index contributed by atoms with van der Waals surface area (Å²) in [5.74, 6) is 2.12. The molecule has 0 saturated heterocycles. The minimum atomic E-state index is -0.304. The van der Waals surface area contributed by atoms with Gasteiger partial charge >= 0.3 is 0 Å². The first-order valence-corrected chi connectivity index (χ1v) is 7.30. The van der Waals surface area contributed by atoms with Gasteiger partial charge in [-0.15, -0.1) is 0 Å². The summed E-state index contributed by atoms with van der Waals surface area (Å²) in [6.45, 7) is 2.45. The molecule has 1 fully saturated rings. The number of carbonyl (C=O) groups is 1. The van der Waals surface area contributed by atoms with Crippen LogP contribution >= 0.6 is 0 Å². The van der Waals surface area contributed by atoms with Crippen molar-refractivity contribution in [3.05, 3.63) is 35.7 Å². The Morgan fingerprint density at radius 1 is 1.36 bits per heavy atom. The Bertz CT molecular complexity index is 677. The number of rotatable bonds is 6. The zero-order chi connectivity index (χ0) is 15.5. The molecule has 1 aromatic heterocycles. The molecule has 1 heterocycles. The van der Waals surface area contributed by atoms with Gasteiger partial charge in [0.1, 0.15) is 5.76 Å². The van der Waals surface area contributed by atoms with Gasteiger partial charge in [-0.05, 0) is 31.9 Å². The number of hydrogen-bond acceptors (Lipinski definition) is 5. The third-order valence-electron chi connectivity index (χ3n) is 3.46. The van der Waals surface area contributed by atoms with E-state index in [1.54, 1.807) is 31.4 Å². The molecule has 3 rings (SSSR count). The molecule has 6 heteroatoms. The SMILES string of the molecule is CCOc1ccc(NC(=O)c2cc(C3CC3)on2)cc1OC. The molecule has 0 radical (unpaired) electrons. The number of nitrogens with zero attached hydrogens (tertiary/aromatic N) is 1. The Morgan fingerprint density at radius 2 is 2.18 bits per heavy atom. The Labute approximate surface area is 128 Å². The molecule has 0 bridgehead atoms.